The monoisotopic (exact) mass is 974 g/mol. The minimum Gasteiger partial charge on any atom is -0.355 e. The minimum atomic E-state index is 0.0404. The lowest BCUT2D eigenvalue weighted by Gasteiger charge is -2.43. The Balaban J connectivity index is 1.15. The number of rotatable bonds is 9. The van der Waals surface area contributed by atoms with E-state index in [1.807, 2.05) is 0 Å². The number of hydrogen-bond donors (Lipinski definition) is 1. The summed E-state index contributed by atoms with van der Waals surface area (Å²) in [5, 5.41) is 6.60. The van der Waals surface area contributed by atoms with Crippen LogP contribution < -0.4 is 26.0 Å². The van der Waals surface area contributed by atoms with Gasteiger partial charge in [0.25, 0.3) is 0 Å². The summed E-state index contributed by atoms with van der Waals surface area (Å²) in [5.41, 5.74) is 23.3. The Hall–Kier alpha value is -7.76. The molecule has 369 valence electrons. The van der Waals surface area contributed by atoms with Crippen molar-refractivity contribution in [1.82, 2.24) is 4.57 Å². The Morgan fingerprint density at radius 2 is 0.920 bits per heavy atom. The molecule has 13 rings (SSSR count). The minimum absolute atomic E-state index is 0.0404. The van der Waals surface area contributed by atoms with Crippen molar-refractivity contribution in [3.05, 3.63) is 222 Å². The third-order valence-corrected chi connectivity index (χ3v) is 17.5. The van der Waals surface area contributed by atoms with Gasteiger partial charge >= 0.3 is 0 Å². The second kappa shape index (κ2) is 17.4. The van der Waals surface area contributed by atoms with Crippen LogP contribution >= 0.6 is 0 Å². The van der Waals surface area contributed by atoms with Crippen molar-refractivity contribution in [3.63, 3.8) is 0 Å². The number of nitrogens with zero attached hydrogens (tertiary/aromatic N) is 3. The summed E-state index contributed by atoms with van der Waals surface area (Å²) in [6, 6.07) is 74.5. The number of aromatic nitrogens is 1. The largest absolute Gasteiger partial charge is 0.355 e. The normalized spacial score (nSPS) is 16.3. The lowest BCUT2D eigenvalue weighted by atomic mass is 9.55. The number of anilines is 8. The van der Waals surface area contributed by atoms with Crippen molar-refractivity contribution >= 4 is 85.5 Å². The van der Waals surface area contributed by atoms with E-state index in [1.165, 1.54) is 67.1 Å². The van der Waals surface area contributed by atoms with E-state index in [-0.39, 0.29) is 21.7 Å². The molecule has 0 fully saturated rings. The van der Waals surface area contributed by atoms with Crippen molar-refractivity contribution in [1.29, 1.82) is 0 Å². The fourth-order valence-corrected chi connectivity index (χ4v) is 13.1. The Morgan fingerprint density at radius 3 is 1.49 bits per heavy atom. The standard InChI is InChI=1S/C70H66BN4/c1-67(2)37-38-68(3,4)56-41-46(33-35-55(56)67)72-60-36-34-51(73(47-23-13-9-14-24-47)48-25-15-10-16-26-48)42-53(60)54-43-63(74(49-27-17-11-18-28-49)50-29-19-12-20-30-50)64-52-31-21-22-32-61(52)75-62-45-58-57(44-59(62)71-65(54)66(64)75)69(5,6)39-40-70(58,7)8/h9-36,41-45,72H,37-40H2,1-8H3. The third-order valence-electron chi connectivity index (χ3n) is 17.5. The fraction of sp³-hybridized carbons (Fsp3) is 0.229. The number of nitrogens with one attached hydrogen (secondary N) is 1. The van der Waals surface area contributed by atoms with Gasteiger partial charge in [0.1, 0.15) is 0 Å². The molecule has 0 spiro atoms. The molecule has 3 aliphatic rings. The van der Waals surface area contributed by atoms with Gasteiger partial charge in [0, 0.05) is 61.8 Å². The van der Waals surface area contributed by atoms with Gasteiger partial charge in [-0.3, -0.25) is 0 Å². The van der Waals surface area contributed by atoms with E-state index in [0.717, 1.165) is 75.9 Å². The Labute approximate surface area is 444 Å². The number of para-hydroxylation sites is 5. The number of benzene rings is 9. The summed E-state index contributed by atoms with van der Waals surface area (Å²) in [5.74, 6) is 0. The van der Waals surface area contributed by atoms with Crippen molar-refractivity contribution in [2.45, 2.75) is 103 Å². The van der Waals surface area contributed by atoms with Crippen molar-refractivity contribution in [2.75, 3.05) is 15.1 Å². The van der Waals surface area contributed by atoms with Crippen LogP contribution in [0.1, 0.15) is 103 Å². The molecule has 1 aliphatic heterocycles. The summed E-state index contributed by atoms with van der Waals surface area (Å²) in [4.78, 5) is 4.88. The highest BCUT2D eigenvalue weighted by atomic mass is 15.2. The van der Waals surface area contributed by atoms with Gasteiger partial charge in [-0.25, -0.2) is 0 Å². The van der Waals surface area contributed by atoms with Crippen molar-refractivity contribution in [2.24, 2.45) is 0 Å². The van der Waals surface area contributed by atoms with Crippen molar-refractivity contribution in [3.8, 4) is 16.8 Å². The molecule has 0 bridgehead atoms. The van der Waals surface area contributed by atoms with Crippen LogP contribution in [-0.4, -0.2) is 11.8 Å². The molecule has 5 heteroatoms. The van der Waals surface area contributed by atoms with Crippen LogP contribution in [0.2, 0.25) is 0 Å². The maximum absolute atomic E-state index is 4.13. The molecule has 1 aromatic heterocycles. The molecule has 2 aliphatic carbocycles. The summed E-state index contributed by atoms with van der Waals surface area (Å²) in [6.07, 6.45) is 4.64. The lowest BCUT2D eigenvalue weighted by Crippen LogP contribution is -2.41. The average Bonchev–Trinajstić information content (AvgIpc) is 3.79. The van der Waals surface area contributed by atoms with Gasteiger partial charge in [0.2, 0.25) is 0 Å². The van der Waals surface area contributed by atoms with E-state index < -0.39 is 0 Å². The summed E-state index contributed by atoms with van der Waals surface area (Å²) >= 11 is 0. The second-order valence-electron chi connectivity index (χ2n) is 24.2. The molecule has 1 N–H and O–H groups in total. The molecule has 10 aromatic rings. The molecule has 0 atom stereocenters. The summed E-state index contributed by atoms with van der Waals surface area (Å²) < 4.78 is 2.62. The first-order valence-corrected chi connectivity index (χ1v) is 27.2. The van der Waals surface area contributed by atoms with Crippen LogP contribution in [0.5, 0.6) is 0 Å². The Morgan fingerprint density at radius 1 is 0.427 bits per heavy atom. The Bertz CT molecular complexity index is 3750. The molecular formula is C70H66BN4. The van der Waals surface area contributed by atoms with Gasteiger partial charge in [-0.15, -0.1) is 0 Å². The van der Waals surface area contributed by atoms with Crippen LogP contribution in [0.25, 0.3) is 38.6 Å². The van der Waals surface area contributed by atoms with Gasteiger partial charge < -0.3 is 19.7 Å². The zero-order chi connectivity index (χ0) is 51.4. The molecule has 1 radical (unpaired) electrons. The molecule has 4 nitrogen and oxygen atoms in total. The van der Waals surface area contributed by atoms with Crippen LogP contribution in [0.15, 0.2) is 200 Å². The molecule has 9 aromatic carbocycles. The van der Waals surface area contributed by atoms with E-state index in [2.05, 4.69) is 283 Å². The van der Waals surface area contributed by atoms with Crippen LogP contribution in [0.4, 0.5) is 45.5 Å². The first-order chi connectivity index (χ1) is 36.2. The molecule has 0 saturated heterocycles. The highest BCUT2D eigenvalue weighted by Gasteiger charge is 2.41. The Kier molecular flexibility index (Phi) is 10.9. The summed E-state index contributed by atoms with van der Waals surface area (Å²) in [6.45, 7) is 19.5. The van der Waals surface area contributed by atoms with Crippen LogP contribution in [-0.2, 0) is 21.7 Å². The molecule has 0 unspecified atom stereocenters. The predicted octanol–water partition coefficient (Wildman–Crippen LogP) is 17.8. The van der Waals surface area contributed by atoms with E-state index >= 15 is 0 Å². The maximum atomic E-state index is 4.13. The van der Waals surface area contributed by atoms with Crippen LogP contribution in [0.3, 0.4) is 0 Å². The maximum Gasteiger partial charge on any atom is 0.197 e. The molecule has 2 heterocycles. The zero-order valence-corrected chi connectivity index (χ0v) is 44.8. The van der Waals surface area contributed by atoms with Gasteiger partial charge in [-0.1, -0.05) is 164 Å². The fourth-order valence-electron chi connectivity index (χ4n) is 13.1. The lowest BCUT2D eigenvalue weighted by molar-refractivity contribution is 0.332. The van der Waals surface area contributed by atoms with E-state index in [1.54, 1.807) is 0 Å². The van der Waals surface area contributed by atoms with Crippen LogP contribution in [0, 0.1) is 0 Å². The van der Waals surface area contributed by atoms with E-state index in [4.69, 9.17) is 0 Å². The average molecular weight is 974 g/mol. The highest BCUT2D eigenvalue weighted by Crippen LogP contribution is 2.52. The van der Waals surface area contributed by atoms with Gasteiger partial charge in [-0.2, -0.15) is 0 Å². The smallest absolute Gasteiger partial charge is 0.197 e. The second-order valence-corrected chi connectivity index (χ2v) is 24.2. The third kappa shape index (κ3) is 7.80. The SMILES string of the molecule is CC1(C)CCC(C)(C)c2cc(Nc3ccc(N(c4ccccc4)c4ccccc4)cc3-c3cc(N(c4ccccc4)c4ccccc4)c4c5ccccc5n5c4c3[B]c3cc4c(cc3-5)C(C)(C)CCC4(C)C)ccc21. The molecule has 0 saturated carbocycles. The quantitative estimate of drug-likeness (QED) is 0.146. The topological polar surface area (TPSA) is 23.4 Å². The first-order valence-electron chi connectivity index (χ1n) is 27.2. The van der Waals surface area contributed by atoms with Crippen molar-refractivity contribution < 1.29 is 0 Å². The van der Waals surface area contributed by atoms with E-state index in [0.29, 0.717) is 0 Å². The van der Waals surface area contributed by atoms with Gasteiger partial charge in [-0.05, 0) is 178 Å². The number of hydrogen-bond acceptors (Lipinski definition) is 3. The predicted molar refractivity (Wildman–Crippen MR) is 321 cm³/mol. The molecular weight excluding hydrogens is 908 g/mol. The van der Waals surface area contributed by atoms with E-state index in [9.17, 15) is 0 Å². The molecule has 75 heavy (non-hydrogen) atoms. The van der Waals surface area contributed by atoms with Gasteiger partial charge in [0.05, 0.1) is 16.7 Å². The number of fused-ring (bicyclic) bond motifs is 7. The zero-order valence-electron chi connectivity index (χ0n) is 44.8. The molecule has 0 amide bonds. The van der Waals surface area contributed by atoms with Gasteiger partial charge in [0.15, 0.2) is 7.28 Å². The summed E-state index contributed by atoms with van der Waals surface area (Å²) in [7, 11) is 2.54. The highest BCUT2D eigenvalue weighted by molar-refractivity contribution is 6.73. The first kappa shape index (κ1) is 47.0.